The number of carboxylic acids is 1. The Morgan fingerprint density at radius 1 is 1.26 bits per heavy atom. The molecule has 0 unspecified atom stereocenters. The molecule has 0 spiro atoms. The number of Topliss-reactive ketones (excluding diaryl/α,β-unsaturated/α-hetero) is 1. The first kappa shape index (κ1) is 17.3. The van der Waals surface area contributed by atoms with E-state index in [1.807, 2.05) is 0 Å². The van der Waals surface area contributed by atoms with Crippen molar-refractivity contribution >= 4 is 46.6 Å². The van der Waals surface area contributed by atoms with Crippen LogP contribution in [0.25, 0.3) is 5.76 Å². The molecular weight excluding hydrogens is 345 g/mol. The van der Waals surface area contributed by atoms with Crippen molar-refractivity contribution < 1.29 is 24.6 Å². The van der Waals surface area contributed by atoms with Crippen molar-refractivity contribution in [2.45, 2.75) is 19.3 Å². The molecule has 0 saturated carbocycles. The van der Waals surface area contributed by atoms with E-state index in [2.05, 4.69) is 5.32 Å². The molecule has 0 fully saturated rings. The van der Waals surface area contributed by atoms with Gasteiger partial charge in [0.1, 0.15) is 17.9 Å². The minimum Gasteiger partial charge on any atom is -0.506 e. The Hall–Kier alpha value is -2.05. The lowest BCUT2D eigenvalue weighted by atomic mass is 9.71. The molecule has 6 nitrogen and oxygen atoms in total. The summed E-state index contributed by atoms with van der Waals surface area (Å²) in [5.74, 6) is -3.45. The highest BCUT2D eigenvalue weighted by molar-refractivity contribution is 6.43. The number of hydrogen-bond donors (Lipinski definition) is 3. The number of ketones is 1. The van der Waals surface area contributed by atoms with Gasteiger partial charge in [-0.15, -0.1) is 0 Å². The number of halogens is 2. The fourth-order valence-electron chi connectivity index (χ4n) is 2.48. The van der Waals surface area contributed by atoms with Gasteiger partial charge in [0.25, 0.3) is 5.91 Å². The van der Waals surface area contributed by atoms with E-state index in [0.717, 1.165) is 0 Å². The van der Waals surface area contributed by atoms with E-state index in [-0.39, 0.29) is 15.6 Å². The molecule has 2 rings (SSSR count). The third-order valence-electron chi connectivity index (χ3n) is 3.63. The lowest BCUT2D eigenvalue weighted by molar-refractivity contribution is -0.138. The molecule has 3 N–H and O–H groups in total. The zero-order valence-corrected chi connectivity index (χ0v) is 13.7. The van der Waals surface area contributed by atoms with E-state index < -0.39 is 41.0 Å². The van der Waals surface area contributed by atoms with Gasteiger partial charge in [0.15, 0.2) is 5.78 Å². The Labute approximate surface area is 141 Å². The summed E-state index contributed by atoms with van der Waals surface area (Å²) in [7, 11) is 0. The van der Waals surface area contributed by atoms with Gasteiger partial charge in [-0.1, -0.05) is 23.2 Å². The average molecular weight is 358 g/mol. The Kier molecular flexibility index (Phi) is 4.41. The number of carboxylic acid groups (broad SMARTS) is 1. The van der Waals surface area contributed by atoms with Crippen LogP contribution in [0.1, 0.15) is 25.0 Å². The fourth-order valence-corrected chi connectivity index (χ4v) is 3.04. The molecule has 122 valence electrons. The van der Waals surface area contributed by atoms with Crippen LogP contribution in [0.4, 0.5) is 0 Å². The zero-order chi connectivity index (χ0) is 17.5. The molecule has 0 atom stereocenters. The Morgan fingerprint density at radius 3 is 2.43 bits per heavy atom. The topological polar surface area (TPSA) is 104 Å². The summed E-state index contributed by atoms with van der Waals surface area (Å²) in [4.78, 5) is 35.3. The third kappa shape index (κ3) is 2.80. The van der Waals surface area contributed by atoms with Crippen LogP contribution >= 0.6 is 23.2 Å². The van der Waals surface area contributed by atoms with Crippen LogP contribution in [-0.4, -0.2) is 34.4 Å². The zero-order valence-electron chi connectivity index (χ0n) is 12.2. The highest BCUT2D eigenvalue weighted by Gasteiger charge is 2.44. The second kappa shape index (κ2) is 5.86. The van der Waals surface area contributed by atoms with Gasteiger partial charge in [-0.25, -0.2) is 0 Å². The Balaban J connectivity index is 2.64. The summed E-state index contributed by atoms with van der Waals surface area (Å²) >= 11 is 12.1. The second-order valence-corrected chi connectivity index (χ2v) is 6.32. The average Bonchev–Trinajstić information content (AvgIpc) is 2.46. The smallest absolute Gasteiger partial charge is 0.322 e. The molecule has 0 heterocycles. The van der Waals surface area contributed by atoms with Crippen LogP contribution < -0.4 is 5.32 Å². The number of hydrogen-bond acceptors (Lipinski definition) is 4. The number of rotatable bonds is 3. The van der Waals surface area contributed by atoms with Crippen molar-refractivity contribution in [1.82, 2.24) is 5.32 Å². The number of amides is 1. The summed E-state index contributed by atoms with van der Waals surface area (Å²) < 4.78 is 0. The van der Waals surface area contributed by atoms with Crippen molar-refractivity contribution in [3.8, 4) is 0 Å². The van der Waals surface area contributed by atoms with Crippen molar-refractivity contribution in [2.75, 3.05) is 6.54 Å². The maximum absolute atomic E-state index is 12.6. The number of fused-ring (bicyclic) bond motifs is 1. The Bertz CT molecular complexity index is 767. The van der Waals surface area contributed by atoms with Crippen molar-refractivity contribution in [1.29, 1.82) is 0 Å². The molecule has 0 saturated heterocycles. The monoisotopic (exact) mass is 357 g/mol. The van der Waals surface area contributed by atoms with Crippen LogP contribution in [0.5, 0.6) is 0 Å². The molecule has 0 radical (unpaired) electrons. The molecular formula is C15H13Cl2NO5. The van der Waals surface area contributed by atoms with Gasteiger partial charge in [-0.05, 0) is 31.5 Å². The van der Waals surface area contributed by atoms with Gasteiger partial charge in [0, 0.05) is 5.56 Å². The van der Waals surface area contributed by atoms with Crippen molar-refractivity contribution in [3.63, 3.8) is 0 Å². The summed E-state index contributed by atoms with van der Waals surface area (Å²) in [5.41, 5.74) is -1.17. The largest absolute Gasteiger partial charge is 0.506 e. The lowest BCUT2D eigenvalue weighted by Gasteiger charge is -2.32. The number of nitrogens with one attached hydrogen (secondary N) is 1. The molecule has 1 amide bonds. The fraction of sp³-hybridized carbons (Fsp3) is 0.267. The maximum atomic E-state index is 12.6. The summed E-state index contributed by atoms with van der Waals surface area (Å²) in [6, 6.07) is 2.90. The van der Waals surface area contributed by atoms with E-state index in [1.165, 1.54) is 12.1 Å². The number of carbonyl (C=O) groups is 3. The first-order chi connectivity index (χ1) is 10.6. The first-order valence-corrected chi connectivity index (χ1v) is 7.31. The quantitative estimate of drug-likeness (QED) is 0.720. The van der Waals surface area contributed by atoms with Crippen LogP contribution in [0.15, 0.2) is 17.7 Å². The molecule has 0 bridgehead atoms. The van der Waals surface area contributed by atoms with Gasteiger partial charge in [0.2, 0.25) is 0 Å². The van der Waals surface area contributed by atoms with Crippen molar-refractivity contribution in [2.24, 2.45) is 0 Å². The molecule has 1 aliphatic rings. The summed E-state index contributed by atoms with van der Waals surface area (Å²) in [5, 5.41) is 21.3. The van der Waals surface area contributed by atoms with E-state index in [4.69, 9.17) is 28.3 Å². The lowest BCUT2D eigenvalue weighted by Crippen LogP contribution is -2.42. The minimum absolute atomic E-state index is 0.124. The number of aliphatic carboxylic acids is 1. The van der Waals surface area contributed by atoms with Gasteiger partial charge in [-0.3, -0.25) is 14.4 Å². The van der Waals surface area contributed by atoms with Gasteiger partial charge in [-0.2, -0.15) is 0 Å². The second-order valence-electron chi connectivity index (χ2n) is 5.54. The summed E-state index contributed by atoms with van der Waals surface area (Å²) in [6.07, 6.45) is 0. The van der Waals surface area contributed by atoms with Crippen LogP contribution in [0, 0.1) is 0 Å². The molecule has 1 aromatic rings. The predicted molar refractivity (Wildman–Crippen MR) is 84.7 cm³/mol. The normalized spacial score (nSPS) is 16.1. The number of carbonyl (C=O) groups excluding carboxylic acids is 2. The maximum Gasteiger partial charge on any atom is 0.322 e. The molecule has 1 aromatic carbocycles. The number of aliphatic hydroxyl groups excluding tert-OH is 1. The minimum atomic E-state index is -1.27. The third-order valence-corrected chi connectivity index (χ3v) is 4.44. The van der Waals surface area contributed by atoms with Crippen LogP contribution in [0.3, 0.4) is 0 Å². The molecule has 0 aliphatic heterocycles. The standard InChI is InChI=1S/C15H13Cl2NO5/c1-15(2)10-6(3-4-7(16)11(10)17)12(21)9(13(15)22)14(23)18-5-8(19)20/h3-4,21H,5H2,1-2H3,(H,18,23)(H,19,20). The van der Waals surface area contributed by atoms with Crippen LogP contribution in [0.2, 0.25) is 10.0 Å². The van der Waals surface area contributed by atoms with Gasteiger partial charge in [0.05, 0.1) is 15.5 Å². The predicted octanol–water partition coefficient (Wildman–Crippen LogP) is 2.32. The molecule has 23 heavy (non-hydrogen) atoms. The van der Waals surface area contributed by atoms with E-state index in [9.17, 15) is 19.5 Å². The number of aliphatic hydroxyl groups is 1. The highest BCUT2D eigenvalue weighted by atomic mass is 35.5. The first-order valence-electron chi connectivity index (χ1n) is 6.56. The number of benzene rings is 1. The van der Waals surface area contributed by atoms with Gasteiger partial charge < -0.3 is 15.5 Å². The molecule has 0 aromatic heterocycles. The van der Waals surface area contributed by atoms with Crippen molar-refractivity contribution in [3.05, 3.63) is 38.9 Å². The highest BCUT2D eigenvalue weighted by Crippen LogP contribution is 2.45. The van der Waals surface area contributed by atoms with E-state index in [0.29, 0.717) is 5.56 Å². The van der Waals surface area contributed by atoms with E-state index in [1.54, 1.807) is 13.8 Å². The molecule has 1 aliphatic carbocycles. The molecule has 8 heteroatoms. The van der Waals surface area contributed by atoms with E-state index >= 15 is 0 Å². The summed E-state index contributed by atoms with van der Waals surface area (Å²) in [6.45, 7) is 2.43. The SMILES string of the molecule is CC1(C)C(=O)C(C(=O)NCC(=O)O)=C(O)c2ccc(Cl)c(Cl)c21. The Morgan fingerprint density at radius 2 is 1.87 bits per heavy atom. The van der Waals surface area contributed by atoms with Gasteiger partial charge >= 0.3 is 5.97 Å². The van der Waals surface area contributed by atoms with Crippen LogP contribution in [-0.2, 0) is 19.8 Å².